The first-order valence-corrected chi connectivity index (χ1v) is 16.1. The Kier molecular flexibility index (Phi) is 14.8. The van der Waals surface area contributed by atoms with Crippen molar-refractivity contribution in [3.05, 3.63) is 61.2 Å². The monoisotopic (exact) mass is 580 g/mol. The number of hydrogen-bond donors (Lipinski definition) is 2. The molecular formula is C35H52N2O5. The third kappa shape index (κ3) is 11.0. The Hall–Kier alpha value is -2.93. The van der Waals surface area contributed by atoms with Crippen LogP contribution in [0.4, 0.5) is 0 Å². The van der Waals surface area contributed by atoms with Crippen molar-refractivity contribution in [2.24, 2.45) is 17.8 Å². The molecule has 1 aromatic rings. The zero-order valence-electron chi connectivity index (χ0n) is 25.4. The summed E-state index contributed by atoms with van der Waals surface area (Å²) in [4.78, 5) is 41.7. The molecule has 0 spiro atoms. The van der Waals surface area contributed by atoms with Crippen LogP contribution in [0.25, 0.3) is 0 Å². The van der Waals surface area contributed by atoms with Crippen LogP contribution in [0.15, 0.2) is 55.6 Å². The highest BCUT2D eigenvalue weighted by Gasteiger charge is 2.32. The van der Waals surface area contributed by atoms with E-state index in [-0.39, 0.29) is 55.4 Å². The van der Waals surface area contributed by atoms with Crippen molar-refractivity contribution < 1.29 is 24.2 Å². The van der Waals surface area contributed by atoms with Gasteiger partial charge in [0.25, 0.3) is 0 Å². The summed E-state index contributed by atoms with van der Waals surface area (Å²) >= 11 is 0. The number of unbranched alkanes of at least 4 members (excludes halogenated alkanes) is 1. The molecule has 1 aromatic carbocycles. The van der Waals surface area contributed by atoms with Gasteiger partial charge in [-0.15, -0.1) is 13.2 Å². The molecule has 1 aliphatic carbocycles. The predicted molar refractivity (Wildman–Crippen MR) is 167 cm³/mol. The number of nitrogens with one attached hydrogen (secondary N) is 1. The van der Waals surface area contributed by atoms with Crippen LogP contribution in [0.2, 0.25) is 0 Å². The van der Waals surface area contributed by atoms with E-state index >= 15 is 0 Å². The molecule has 2 aliphatic rings. The largest absolute Gasteiger partial charge is 0.463 e. The average molecular weight is 581 g/mol. The average Bonchev–Trinajstić information content (AvgIpc) is 3.49. The summed E-state index contributed by atoms with van der Waals surface area (Å²) in [6, 6.07) is 9.52. The van der Waals surface area contributed by atoms with E-state index in [0.717, 1.165) is 50.5 Å². The number of carbonyl (C=O) groups excluding carboxylic acids is 3. The van der Waals surface area contributed by atoms with E-state index in [1.54, 1.807) is 11.0 Å². The van der Waals surface area contributed by atoms with Gasteiger partial charge >= 0.3 is 5.97 Å². The van der Waals surface area contributed by atoms with Gasteiger partial charge in [0.1, 0.15) is 6.61 Å². The van der Waals surface area contributed by atoms with Gasteiger partial charge in [0.2, 0.25) is 11.8 Å². The van der Waals surface area contributed by atoms with Crippen LogP contribution >= 0.6 is 0 Å². The van der Waals surface area contributed by atoms with E-state index in [1.807, 2.05) is 36.4 Å². The fourth-order valence-electron chi connectivity index (χ4n) is 6.49. The molecule has 42 heavy (non-hydrogen) atoms. The van der Waals surface area contributed by atoms with E-state index in [1.165, 1.54) is 19.3 Å². The Morgan fingerprint density at radius 2 is 1.79 bits per heavy atom. The zero-order chi connectivity index (χ0) is 30.2. The van der Waals surface area contributed by atoms with Crippen molar-refractivity contribution in [3.63, 3.8) is 0 Å². The molecule has 2 N–H and O–H groups in total. The lowest BCUT2D eigenvalue weighted by Gasteiger charge is -2.29. The van der Waals surface area contributed by atoms with E-state index in [4.69, 9.17) is 4.74 Å². The molecule has 7 nitrogen and oxygen atoms in total. The summed E-state index contributed by atoms with van der Waals surface area (Å²) in [5.41, 5.74) is 1.10. The number of ether oxygens (including phenoxy) is 1. The number of benzene rings is 1. The number of allylic oxidation sites excluding steroid dienone is 2. The lowest BCUT2D eigenvalue weighted by molar-refractivity contribution is -0.150. The first-order chi connectivity index (χ1) is 20.4. The van der Waals surface area contributed by atoms with E-state index in [0.29, 0.717) is 31.7 Å². The minimum Gasteiger partial charge on any atom is -0.463 e. The molecule has 232 valence electrons. The molecule has 3 rings (SSSR count). The van der Waals surface area contributed by atoms with Gasteiger partial charge in [0.05, 0.1) is 30.5 Å². The van der Waals surface area contributed by atoms with Crippen LogP contribution in [-0.2, 0) is 25.5 Å². The SMILES string of the molecule is C=CCCCC(Cc1ccccc1)C(=O)OCC(CC1CCCCC1)NC(=O)C(CC=C)CC(=O)N1CCCC1CO. The maximum absolute atomic E-state index is 13.6. The number of hydrogen-bond acceptors (Lipinski definition) is 5. The van der Waals surface area contributed by atoms with Gasteiger partial charge in [-0.2, -0.15) is 0 Å². The molecule has 1 aliphatic heterocycles. The summed E-state index contributed by atoms with van der Waals surface area (Å²) in [5, 5.41) is 12.8. The van der Waals surface area contributed by atoms with Crippen LogP contribution < -0.4 is 5.32 Å². The number of likely N-dealkylation sites (tertiary alicyclic amines) is 1. The van der Waals surface area contributed by atoms with Crippen molar-refractivity contribution >= 4 is 17.8 Å². The van der Waals surface area contributed by atoms with E-state index in [2.05, 4.69) is 18.5 Å². The summed E-state index contributed by atoms with van der Waals surface area (Å²) in [5.74, 6) is -0.870. The van der Waals surface area contributed by atoms with Crippen LogP contribution in [0.3, 0.4) is 0 Å². The number of aliphatic hydroxyl groups excluding tert-OH is 1. The van der Waals surface area contributed by atoms with Crippen molar-refractivity contribution in [3.8, 4) is 0 Å². The van der Waals surface area contributed by atoms with Gasteiger partial charge in [0, 0.05) is 13.0 Å². The summed E-state index contributed by atoms with van der Waals surface area (Å²) in [7, 11) is 0. The fourth-order valence-corrected chi connectivity index (χ4v) is 6.49. The van der Waals surface area contributed by atoms with Crippen molar-refractivity contribution in [2.75, 3.05) is 19.8 Å². The van der Waals surface area contributed by atoms with Crippen LogP contribution in [0, 0.1) is 17.8 Å². The topological polar surface area (TPSA) is 95.9 Å². The normalized spacial score (nSPS) is 19.5. The molecule has 0 aromatic heterocycles. The maximum atomic E-state index is 13.6. The molecule has 1 heterocycles. The first kappa shape index (κ1) is 33.6. The molecule has 0 radical (unpaired) electrons. The summed E-state index contributed by atoms with van der Waals surface area (Å²) in [6.07, 6.45) is 15.3. The second-order valence-corrected chi connectivity index (χ2v) is 12.2. The molecule has 0 bridgehead atoms. The van der Waals surface area contributed by atoms with Crippen LogP contribution in [0.5, 0.6) is 0 Å². The smallest absolute Gasteiger partial charge is 0.309 e. The molecule has 7 heteroatoms. The molecule has 2 fully saturated rings. The molecule has 1 saturated heterocycles. The minimum absolute atomic E-state index is 0.0578. The Morgan fingerprint density at radius 1 is 1.02 bits per heavy atom. The maximum Gasteiger partial charge on any atom is 0.309 e. The fraction of sp³-hybridized carbons (Fsp3) is 0.629. The highest BCUT2D eigenvalue weighted by molar-refractivity contribution is 5.86. The lowest BCUT2D eigenvalue weighted by atomic mass is 9.84. The van der Waals surface area contributed by atoms with Crippen molar-refractivity contribution in [1.82, 2.24) is 10.2 Å². The van der Waals surface area contributed by atoms with Gasteiger partial charge in [-0.05, 0) is 62.8 Å². The summed E-state index contributed by atoms with van der Waals surface area (Å²) < 4.78 is 5.94. The number of amides is 2. The van der Waals surface area contributed by atoms with Crippen LogP contribution in [-0.4, -0.2) is 59.6 Å². The van der Waals surface area contributed by atoms with Crippen molar-refractivity contribution in [2.45, 2.75) is 102 Å². The quantitative estimate of drug-likeness (QED) is 0.131. The Bertz CT molecular complexity index is 990. The highest BCUT2D eigenvalue weighted by Crippen LogP contribution is 2.28. The second kappa shape index (κ2) is 18.6. The number of aliphatic hydroxyl groups is 1. The molecular weight excluding hydrogens is 528 g/mol. The first-order valence-electron chi connectivity index (χ1n) is 16.1. The molecule has 4 atom stereocenters. The number of carbonyl (C=O) groups is 3. The molecule has 4 unspecified atom stereocenters. The van der Waals surface area contributed by atoms with Gasteiger partial charge in [-0.1, -0.05) is 74.6 Å². The third-order valence-corrected chi connectivity index (χ3v) is 8.89. The number of rotatable bonds is 18. The highest BCUT2D eigenvalue weighted by atomic mass is 16.5. The van der Waals surface area contributed by atoms with Gasteiger partial charge in [-0.25, -0.2) is 0 Å². The minimum atomic E-state index is -0.552. The van der Waals surface area contributed by atoms with Gasteiger partial charge in [0.15, 0.2) is 0 Å². The Morgan fingerprint density at radius 3 is 2.48 bits per heavy atom. The standard InChI is InChI=1S/C35H52N2O5/c1-3-5-8-19-30(22-27-15-9-6-10-16-27)35(41)42-26-31(23-28-17-11-7-12-18-28)36-34(40)29(14-4-2)24-33(39)37-21-13-20-32(37)25-38/h3-4,6,9-10,15-16,28-32,38H,1-2,5,7-8,11-14,17-26H2,(H,36,40). The second-order valence-electron chi connectivity index (χ2n) is 12.2. The van der Waals surface area contributed by atoms with E-state index < -0.39 is 5.92 Å². The Labute approximate surface area is 252 Å². The van der Waals surface area contributed by atoms with E-state index in [9.17, 15) is 19.5 Å². The van der Waals surface area contributed by atoms with Gasteiger partial charge < -0.3 is 20.1 Å². The third-order valence-electron chi connectivity index (χ3n) is 8.89. The zero-order valence-corrected chi connectivity index (χ0v) is 25.4. The predicted octanol–water partition coefficient (Wildman–Crippen LogP) is 5.77. The molecule has 1 saturated carbocycles. The number of esters is 1. The number of nitrogens with zero attached hydrogens (tertiary/aromatic N) is 1. The molecule has 2 amide bonds. The van der Waals surface area contributed by atoms with Gasteiger partial charge in [-0.3, -0.25) is 14.4 Å². The lowest BCUT2D eigenvalue weighted by Crippen LogP contribution is -2.45. The Balaban J connectivity index is 1.66. The summed E-state index contributed by atoms with van der Waals surface area (Å²) in [6.45, 7) is 8.31. The van der Waals surface area contributed by atoms with Crippen LogP contribution in [0.1, 0.15) is 89.0 Å². The van der Waals surface area contributed by atoms with Crippen molar-refractivity contribution in [1.29, 1.82) is 0 Å².